The van der Waals surface area contributed by atoms with E-state index in [0.717, 1.165) is 18.9 Å². The Labute approximate surface area is 132 Å². The van der Waals surface area contributed by atoms with E-state index in [2.05, 4.69) is 5.32 Å². The lowest BCUT2D eigenvalue weighted by Gasteiger charge is -2.18. The van der Waals surface area contributed by atoms with Crippen molar-refractivity contribution in [2.75, 3.05) is 13.2 Å². The van der Waals surface area contributed by atoms with Gasteiger partial charge < -0.3 is 15.2 Å². The molecule has 2 rings (SSSR count). The van der Waals surface area contributed by atoms with E-state index in [1.807, 2.05) is 0 Å². The summed E-state index contributed by atoms with van der Waals surface area (Å²) in [4.78, 5) is 11.7. The molecular weight excluding hydrogens is 311 g/mol. The molecule has 1 aliphatic rings. The highest BCUT2D eigenvalue weighted by Gasteiger charge is 2.34. The second-order valence-electron chi connectivity index (χ2n) is 5.58. The van der Waals surface area contributed by atoms with E-state index in [0.29, 0.717) is 13.0 Å². The monoisotopic (exact) mass is 331 g/mol. The van der Waals surface area contributed by atoms with Gasteiger partial charge in [-0.2, -0.15) is 13.2 Å². The molecule has 1 heterocycles. The lowest BCUT2D eigenvalue weighted by molar-refractivity contribution is -0.139. The molecule has 1 aliphatic heterocycles. The second-order valence-corrected chi connectivity index (χ2v) is 5.58. The molecule has 1 saturated heterocycles. The van der Waals surface area contributed by atoms with Crippen LogP contribution in [0.25, 0.3) is 0 Å². The minimum Gasteiger partial charge on any atom is -0.387 e. The van der Waals surface area contributed by atoms with Gasteiger partial charge >= 0.3 is 6.18 Å². The number of carbonyl (C=O) groups is 1. The Morgan fingerprint density at radius 2 is 2.13 bits per heavy atom. The van der Waals surface area contributed by atoms with Gasteiger partial charge in [0.15, 0.2) is 0 Å². The fraction of sp³-hybridized carbons (Fsp3) is 0.562. The average molecular weight is 331 g/mol. The van der Waals surface area contributed by atoms with Crippen molar-refractivity contribution < 1.29 is 27.8 Å². The van der Waals surface area contributed by atoms with Crippen LogP contribution in [0.15, 0.2) is 24.3 Å². The van der Waals surface area contributed by atoms with Crippen LogP contribution < -0.4 is 5.32 Å². The predicted molar refractivity (Wildman–Crippen MR) is 77.6 cm³/mol. The van der Waals surface area contributed by atoms with Crippen LogP contribution in [-0.4, -0.2) is 30.3 Å². The molecule has 7 heteroatoms. The van der Waals surface area contributed by atoms with Crippen molar-refractivity contribution in [3.63, 3.8) is 0 Å². The third kappa shape index (κ3) is 5.21. The first-order valence-electron chi connectivity index (χ1n) is 7.60. The lowest BCUT2D eigenvalue weighted by Crippen LogP contribution is -2.29. The van der Waals surface area contributed by atoms with Crippen molar-refractivity contribution in [3.05, 3.63) is 35.4 Å². The summed E-state index contributed by atoms with van der Waals surface area (Å²) in [6.07, 6.45) is -3.13. The molecule has 0 radical (unpaired) electrons. The molecule has 0 spiro atoms. The molecule has 2 N–H and O–H groups in total. The number of rotatable bonds is 6. The minimum atomic E-state index is -4.54. The Morgan fingerprint density at radius 1 is 1.39 bits per heavy atom. The van der Waals surface area contributed by atoms with Gasteiger partial charge in [-0.15, -0.1) is 0 Å². The van der Waals surface area contributed by atoms with E-state index in [1.54, 1.807) is 0 Å². The molecule has 1 aromatic carbocycles. The van der Waals surface area contributed by atoms with Gasteiger partial charge in [0.2, 0.25) is 5.91 Å². The zero-order valence-corrected chi connectivity index (χ0v) is 12.6. The van der Waals surface area contributed by atoms with Gasteiger partial charge in [0.1, 0.15) is 0 Å². The highest BCUT2D eigenvalue weighted by atomic mass is 19.4. The first kappa shape index (κ1) is 17.7. The molecule has 2 atom stereocenters. The molecule has 1 aromatic rings. The first-order chi connectivity index (χ1) is 10.9. The molecule has 128 valence electrons. The largest absolute Gasteiger partial charge is 0.416 e. The quantitative estimate of drug-likeness (QED) is 0.843. The fourth-order valence-electron chi connectivity index (χ4n) is 2.62. The SMILES string of the molecule is O=C(CCC1CCCO1)NCC(O)c1ccccc1C(F)(F)F. The van der Waals surface area contributed by atoms with E-state index in [-0.39, 0.29) is 30.5 Å². The molecule has 2 unspecified atom stereocenters. The number of ether oxygens (including phenoxy) is 1. The summed E-state index contributed by atoms with van der Waals surface area (Å²) in [7, 11) is 0. The van der Waals surface area contributed by atoms with Crippen LogP contribution in [0.5, 0.6) is 0 Å². The maximum absolute atomic E-state index is 12.9. The lowest BCUT2D eigenvalue weighted by atomic mass is 10.0. The number of halogens is 3. The summed E-state index contributed by atoms with van der Waals surface area (Å²) in [6.45, 7) is 0.455. The van der Waals surface area contributed by atoms with Gasteiger partial charge in [0.05, 0.1) is 17.8 Å². The average Bonchev–Trinajstić information content (AvgIpc) is 3.03. The number of hydrogen-bond donors (Lipinski definition) is 2. The number of carbonyl (C=O) groups excluding carboxylic acids is 1. The summed E-state index contributed by atoms with van der Waals surface area (Å²) in [5.41, 5.74) is -1.12. The number of amides is 1. The maximum atomic E-state index is 12.9. The Kier molecular flexibility index (Phi) is 6.01. The summed E-state index contributed by atoms with van der Waals surface area (Å²) < 4.78 is 44.1. The molecule has 23 heavy (non-hydrogen) atoms. The smallest absolute Gasteiger partial charge is 0.387 e. The van der Waals surface area contributed by atoms with E-state index >= 15 is 0 Å². The highest BCUT2D eigenvalue weighted by Crippen LogP contribution is 2.34. The zero-order valence-electron chi connectivity index (χ0n) is 12.6. The van der Waals surface area contributed by atoms with Crippen LogP contribution in [0.1, 0.15) is 42.9 Å². The van der Waals surface area contributed by atoms with Crippen LogP contribution in [0.2, 0.25) is 0 Å². The van der Waals surface area contributed by atoms with Gasteiger partial charge in [0, 0.05) is 19.6 Å². The minimum absolute atomic E-state index is 0.0802. The Balaban J connectivity index is 1.84. The number of benzene rings is 1. The summed E-state index contributed by atoms with van der Waals surface area (Å²) in [5.74, 6) is -0.302. The van der Waals surface area contributed by atoms with Crippen LogP contribution in [-0.2, 0) is 15.7 Å². The second kappa shape index (κ2) is 7.79. The van der Waals surface area contributed by atoms with Crippen molar-refractivity contribution in [3.8, 4) is 0 Å². The van der Waals surface area contributed by atoms with Crippen molar-refractivity contribution in [1.82, 2.24) is 5.32 Å². The molecule has 4 nitrogen and oxygen atoms in total. The summed E-state index contributed by atoms with van der Waals surface area (Å²) in [6, 6.07) is 4.82. The summed E-state index contributed by atoms with van der Waals surface area (Å²) >= 11 is 0. The fourth-order valence-corrected chi connectivity index (χ4v) is 2.62. The number of aliphatic hydroxyl groups excluding tert-OH is 1. The Morgan fingerprint density at radius 3 is 2.78 bits per heavy atom. The highest BCUT2D eigenvalue weighted by molar-refractivity contribution is 5.75. The van der Waals surface area contributed by atoms with Gasteiger partial charge in [-0.3, -0.25) is 4.79 Å². The standard InChI is InChI=1S/C16H20F3NO3/c17-16(18,19)13-6-2-1-5-12(13)14(21)10-20-15(22)8-7-11-4-3-9-23-11/h1-2,5-6,11,14,21H,3-4,7-10H2,(H,20,22). The number of alkyl halides is 3. The zero-order chi connectivity index (χ0) is 16.9. The van der Waals surface area contributed by atoms with Crippen molar-refractivity contribution >= 4 is 5.91 Å². The molecule has 0 saturated carbocycles. The van der Waals surface area contributed by atoms with Crippen molar-refractivity contribution in [1.29, 1.82) is 0 Å². The molecule has 1 amide bonds. The van der Waals surface area contributed by atoms with E-state index in [1.165, 1.54) is 18.2 Å². The molecule has 0 aromatic heterocycles. The van der Waals surface area contributed by atoms with Crippen LogP contribution in [0, 0.1) is 0 Å². The van der Waals surface area contributed by atoms with Crippen LogP contribution in [0.4, 0.5) is 13.2 Å². The van der Waals surface area contributed by atoms with E-state index in [9.17, 15) is 23.1 Å². The summed E-state index contributed by atoms with van der Waals surface area (Å²) in [5, 5.41) is 12.4. The molecule has 1 fully saturated rings. The van der Waals surface area contributed by atoms with Gasteiger partial charge in [-0.05, 0) is 30.9 Å². The predicted octanol–water partition coefficient (Wildman–Crippen LogP) is 2.81. The third-order valence-corrected chi connectivity index (χ3v) is 3.84. The normalized spacial score (nSPS) is 19.6. The number of nitrogens with one attached hydrogen (secondary N) is 1. The Bertz CT molecular complexity index is 528. The third-order valence-electron chi connectivity index (χ3n) is 3.84. The maximum Gasteiger partial charge on any atom is 0.416 e. The number of aliphatic hydroxyl groups is 1. The van der Waals surface area contributed by atoms with Gasteiger partial charge in [0.25, 0.3) is 0 Å². The van der Waals surface area contributed by atoms with Crippen molar-refractivity contribution in [2.24, 2.45) is 0 Å². The van der Waals surface area contributed by atoms with Crippen LogP contribution in [0.3, 0.4) is 0 Å². The van der Waals surface area contributed by atoms with Gasteiger partial charge in [-0.25, -0.2) is 0 Å². The molecule has 0 bridgehead atoms. The Hall–Kier alpha value is -1.60. The topological polar surface area (TPSA) is 58.6 Å². The van der Waals surface area contributed by atoms with Gasteiger partial charge in [-0.1, -0.05) is 18.2 Å². The molecule has 0 aliphatic carbocycles. The van der Waals surface area contributed by atoms with E-state index in [4.69, 9.17) is 4.74 Å². The van der Waals surface area contributed by atoms with E-state index < -0.39 is 17.8 Å². The van der Waals surface area contributed by atoms with Crippen molar-refractivity contribution in [2.45, 2.75) is 44.1 Å². The number of hydrogen-bond acceptors (Lipinski definition) is 3. The van der Waals surface area contributed by atoms with Crippen LogP contribution >= 0.6 is 0 Å². The molecular formula is C16H20F3NO3. The first-order valence-corrected chi connectivity index (χ1v) is 7.60.